The molecule has 0 aliphatic rings. The van der Waals surface area contributed by atoms with Crippen LogP contribution in [0.2, 0.25) is 5.02 Å². The first-order chi connectivity index (χ1) is 9.70. The number of hydrogen-bond donors (Lipinski definition) is 0. The van der Waals surface area contributed by atoms with Crippen molar-refractivity contribution >= 4 is 33.4 Å². The molecule has 21 heavy (non-hydrogen) atoms. The van der Waals surface area contributed by atoms with Gasteiger partial charge in [0.15, 0.2) is 5.78 Å². The van der Waals surface area contributed by atoms with Gasteiger partial charge in [0.25, 0.3) is 0 Å². The number of Topliss-reactive ketones (excluding diaryl/α,β-unsaturated/α-hetero) is 1. The molecule has 0 fully saturated rings. The van der Waals surface area contributed by atoms with Crippen LogP contribution in [0.3, 0.4) is 0 Å². The average Bonchev–Trinajstić information content (AvgIpc) is 2.44. The largest absolute Gasteiger partial charge is 0.469 e. The summed E-state index contributed by atoms with van der Waals surface area (Å²) in [4.78, 5) is 22.8. The minimum absolute atomic E-state index is 0.0354. The second kappa shape index (κ2) is 7.02. The summed E-state index contributed by atoms with van der Waals surface area (Å²) in [5.74, 6) is -0.856. The van der Waals surface area contributed by atoms with E-state index in [2.05, 4.69) is 4.74 Å². The number of rotatable bonds is 6. The third kappa shape index (κ3) is 4.26. The molecular formula is C13H16ClNO5S. The Morgan fingerprint density at radius 2 is 1.86 bits per heavy atom. The number of esters is 1. The number of halogens is 1. The Kier molecular flexibility index (Phi) is 5.88. The van der Waals surface area contributed by atoms with Gasteiger partial charge < -0.3 is 4.74 Å². The number of hydrogen-bond acceptors (Lipinski definition) is 5. The monoisotopic (exact) mass is 333 g/mol. The maximum absolute atomic E-state index is 12.1. The van der Waals surface area contributed by atoms with Crippen molar-refractivity contribution in [3.8, 4) is 0 Å². The molecule has 0 unspecified atom stereocenters. The Hall–Kier alpha value is -1.44. The number of nitrogens with zero attached hydrogens (tertiary/aromatic N) is 1. The summed E-state index contributed by atoms with van der Waals surface area (Å²) in [5, 5.41) is 0.0354. The maximum atomic E-state index is 12.1. The predicted molar refractivity (Wildman–Crippen MR) is 77.9 cm³/mol. The highest BCUT2D eigenvalue weighted by molar-refractivity contribution is 7.89. The third-order valence-corrected chi connectivity index (χ3v) is 5.09. The number of benzene rings is 1. The van der Waals surface area contributed by atoms with E-state index >= 15 is 0 Å². The smallest absolute Gasteiger partial charge is 0.305 e. The Morgan fingerprint density at radius 3 is 2.38 bits per heavy atom. The molecule has 6 nitrogen and oxygen atoms in total. The summed E-state index contributed by atoms with van der Waals surface area (Å²) in [6, 6.07) is 4.00. The second-order valence-corrected chi connectivity index (χ2v) is 6.96. The van der Waals surface area contributed by atoms with E-state index in [-0.39, 0.29) is 34.1 Å². The van der Waals surface area contributed by atoms with Gasteiger partial charge in [-0.15, -0.1) is 0 Å². The zero-order valence-corrected chi connectivity index (χ0v) is 13.5. The van der Waals surface area contributed by atoms with Crippen molar-refractivity contribution in [1.82, 2.24) is 4.31 Å². The van der Waals surface area contributed by atoms with Crippen molar-refractivity contribution in [2.45, 2.75) is 17.7 Å². The standard InChI is InChI=1S/C13H16ClNO5S/c1-15(2)21(18,19)12-8-9(4-5-10(12)14)11(16)6-7-13(17)20-3/h4-5,8H,6-7H2,1-3H3. The first-order valence-corrected chi connectivity index (χ1v) is 7.84. The molecular weight excluding hydrogens is 318 g/mol. The van der Waals surface area contributed by atoms with E-state index in [0.29, 0.717) is 0 Å². The molecule has 116 valence electrons. The molecule has 0 saturated carbocycles. The van der Waals surface area contributed by atoms with E-state index in [1.165, 1.54) is 39.4 Å². The number of methoxy groups -OCH3 is 1. The lowest BCUT2D eigenvalue weighted by Crippen LogP contribution is -2.23. The van der Waals surface area contributed by atoms with Crippen molar-refractivity contribution in [3.05, 3.63) is 28.8 Å². The van der Waals surface area contributed by atoms with Gasteiger partial charge in [-0.1, -0.05) is 11.6 Å². The Morgan fingerprint density at radius 1 is 1.24 bits per heavy atom. The quantitative estimate of drug-likeness (QED) is 0.585. The zero-order valence-electron chi connectivity index (χ0n) is 11.9. The fraction of sp³-hybridized carbons (Fsp3) is 0.385. The SMILES string of the molecule is COC(=O)CCC(=O)c1ccc(Cl)c(S(=O)(=O)N(C)C)c1. The summed E-state index contributed by atoms with van der Waals surface area (Å²) in [7, 11) is 0.236. The zero-order chi connectivity index (χ0) is 16.2. The topological polar surface area (TPSA) is 80.8 Å². The third-order valence-electron chi connectivity index (χ3n) is 2.80. The van der Waals surface area contributed by atoms with Crippen molar-refractivity contribution in [3.63, 3.8) is 0 Å². The van der Waals surface area contributed by atoms with Crippen molar-refractivity contribution < 1.29 is 22.7 Å². The van der Waals surface area contributed by atoms with Gasteiger partial charge in [-0.3, -0.25) is 9.59 Å². The Balaban J connectivity index is 3.08. The van der Waals surface area contributed by atoms with Gasteiger partial charge in [0.2, 0.25) is 10.0 Å². The fourth-order valence-corrected chi connectivity index (χ4v) is 2.93. The molecule has 0 N–H and O–H groups in total. The molecule has 0 aliphatic carbocycles. The van der Waals surface area contributed by atoms with E-state index in [1.807, 2.05) is 0 Å². The van der Waals surface area contributed by atoms with E-state index in [1.54, 1.807) is 0 Å². The molecule has 0 heterocycles. The maximum Gasteiger partial charge on any atom is 0.305 e. The van der Waals surface area contributed by atoms with Crippen LogP contribution in [0.5, 0.6) is 0 Å². The minimum atomic E-state index is -3.74. The molecule has 0 amide bonds. The number of ether oxygens (including phenoxy) is 1. The van der Waals surface area contributed by atoms with Gasteiger partial charge >= 0.3 is 5.97 Å². The normalized spacial score (nSPS) is 11.5. The predicted octanol–water partition coefficient (Wildman–Crippen LogP) is 1.73. The molecule has 0 aliphatic heterocycles. The highest BCUT2D eigenvalue weighted by Crippen LogP contribution is 2.25. The van der Waals surface area contributed by atoms with Crippen LogP contribution in [0.15, 0.2) is 23.1 Å². The molecule has 0 bridgehead atoms. The molecule has 0 saturated heterocycles. The first kappa shape index (κ1) is 17.6. The van der Waals surface area contributed by atoms with E-state index in [9.17, 15) is 18.0 Å². The summed E-state index contributed by atoms with van der Waals surface area (Å²) in [6.45, 7) is 0. The molecule has 0 atom stereocenters. The fourth-order valence-electron chi connectivity index (χ4n) is 1.53. The van der Waals surface area contributed by atoms with Crippen LogP contribution in [-0.4, -0.2) is 45.7 Å². The van der Waals surface area contributed by atoms with E-state index in [0.717, 1.165) is 4.31 Å². The molecule has 0 radical (unpaired) electrons. The first-order valence-electron chi connectivity index (χ1n) is 6.02. The van der Waals surface area contributed by atoms with Crippen LogP contribution in [0.25, 0.3) is 0 Å². The summed E-state index contributed by atoms with van der Waals surface area (Å²) >= 11 is 5.89. The number of ketones is 1. The van der Waals surface area contributed by atoms with E-state index in [4.69, 9.17) is 11.6 Å². The molecule has 1 aromatic carbocycles. The second-order valence-electron chi connectivity index (χ2n) is 4.43. The van der Waals surface area contributed by atoms with Crippen molar-refractivity contribution in [2.75, 3.05) is 21.2 Å². The van der Waals surface area contributed by atoms with E-state index < -0.39 is 16.0 Å². The minimum Gasteiger partial charge on any atom is -0.469 e. The van der Waals surface area contributed by atoms with Gasteiger partial charge in [-0.25, -0.2) is 12.7 Å². The summed E-state index contributed by atoms with van der Waals surface area (Å²) < 4.78 is 29.7. The van der Waals surface area contributed by atoms with Gasteiger partial charge in [-0.2, -0.15) is 0 Å². The van der Waals surface area contributed by atoms with Crippen LogP contribution in [0, 0.1) is 0 Å². The highest BCUT2D eigenvalue weighted by Gasteiger charge is 2.22. The Labute approximate surface area is 128 Å². The molecule has 1 rings (SSSR count). The highest BCUT2D eigenvalue weighted by atomic mass is 35.5. The molecule has 0 aromatic heterocycles. The van der Waals surface area contributed by atoms with Gasteiger partial charge in [0.1, 0.15) is 4.90 Å². The number of carbonyl (C=O) groups excluding carboxylic acids is 2. The van der Waals surface area contributed by atoms with Crippen LogP contribution in [-0.2, 0) is 19.6 Å². The van der Waals surface area contributed by atoms with Gasteiger partial charge in [0.05, 0.1) is 18.6 Å². The van der Waals surface area contributed by atoms with Crippen LogP contribution < -0.4 is 0 Å². The lowest BCUT2D eigenvalue weighted by Gasteiger charge is -2.13. The average molecular weight is 334 g/mol. The lowest BCUT2D eigenvalue weighted by molar-refractivity contribution is -0.140. The van der Waals surface area contributed by atoms with Crippen molar-refractivity contribution in [1.29, 1.82) is 0 Å². The molecule has 1 aromatic rings. The van der Waals surface area contributed by atoms with Crippen LogP contribution >= 0.6 is 11.6 Å². The number of carbonyl (C=O) groups is 2. The Bertz CT molecular complexity index is 655. The van der Waals surface area contributed by atoms with Crippen LogP contribution in [0.1, 0.15) is 23.2 Å². The lowest BCUT2D eigenvalue weighted by atomic mass is 10.1. The van der Waals surface area contributed by atoms with Crippen molar-refractivity contribution in [2.24, 2.45) is 0 Å². The van der Waals surface area contributed by atoms with Gasteiger partial charge in [0, 0.05) is 26.1 Å². The molecule has 0 spiro atoms. The number of sulfonamides is 1. The summed E-state index contributed by atoms with van der Waals surface area (Å²) in [5.41, 5.74) is 0.184. The molecule has 8 heteroatoms. The van der Waals surface area contributed by atoms with Gasteiger partial charge in [-0.05, 0) is 18.2 Å². The summed E-state index contributed by atoms with van der Waals surface area (Å²) in [6.07, 6.45) is -0.122. The van der Waals surface area contributed by atoms with Crippen LogP contribution in [0.4, 0.5) is 0 Å².